The van der Waals surface area contributed by atoms with Gasteiger partial charge < -0.3 is 5.21 Å². The van der Waals surface area contributed by atoms with E-state index in [1.165, 1.54) is 10.4 Å². The SMILES string of the molecule is ON=C(c1n[nH]c2c1C=CC(c1ccccc1)(c1cncs1)C2)C1CC1. The van der Waals surface area contributed by atoms with Crippen LogP contribution in [0.4, 0.5) is 0 Å². The van der Waals surface area contributed by atoms with Crippen molar-refractivity contribution in [2.45, 2.75) is 24.7 Å². The third-order valence-corrected chi connectivity index (χ3v) is 6.30. The molecule has 130 valence electrons. The van der Waals surface area contributed by atoms with Gasteiger partial charge in [0, 0.05) is 34.7 Å². The van der Waals surface area contributed by atoms with E-state index in [2.05, 4.69) is 56.8 Å². The third-order valence-electron chi connectivity index (χ3n) is 5.35. The highest BCUT2D eigenvalue weighted by atomic mass is 32.1. The van der Waals surface area contributed by atoms with Crippen LogP contribution < -0.4 is 0 Å². The van der Waals surface area contributed by atoms with Crippen LogP contribution in [0.15, 0.2) is 53.3 Å². The smallest absolute Gasteiger partial charge is 0.117 e. The first kappa shape index (κ1) is 15.5. The Labute approximate surface area is 155 Å². The van der Waals surface area contributed by atoms with Crippen molar-refractivity contribution in [1.29, 1.82) is 0 Å². The van der Waals surface area contributed by atoms with Crippen LogP contribution in [0.5, 0.6) is 0 Å². The molecule has 2 aromatic heterocycles. The highest BCUT2D eigenvalue weighted by Gasteiger charge is 2.39. The average Bonchev–Trinajstić information content (AvgIpc) is 3.20. The van der Waals surface area contributed by atoms with Gasteiger partial charge in [0.15, 0.2) is 0 Å². The van der Waals surface area contributed by atoms with Crippen LogP contribution in [0.2, 0.25) is 0 Å². The molecule has 0 aliphatic heterocycles. The molecule has 2 heterocycles. The second kappa shape index (κ2) is 5.92. The second-order valence-corrected chi connectivity index (χ2v) is 7.82. The summed E-state index contributed by atoms with van der Waals surface area (Å²) in [5, 5.41) is 20.7. The summed E-state index contributed by atoms with van der Waals surface area (Å²) >= 11 is 1.67. The van der Waals surface area contributed by atoms with Gasteiger partial charge in [0.05, 0.1) is 10.9 Å². The van der Waals surface area contributed by atoms with Crippen molar-refractivity contribution in [3.8, 4) is 0 Å². The lowest BCUT2D eigenvalue weighted by Gasteiger charge is -2.32. The summed E-state index contributed by atoms with van der Waals surface area (Å²) in [7, 11) is 0. The lowest BCUT2D eigenvalue weighted by atomic mass is 9.72. The standard InChI is InChI=1S/C20H18N4OS/c25-24-18(13-6-7-13)19-15-8-9-20(10-16(15)22-23-19,17-11-21-12-26-17)14-4-2-1-3-5-14/h1-5,8-9,11-13,25H,6-7,10H2,(H,22,23). The van der Waals surface area contributed by atoms with Crippen LogP contribution in [0.1, 0.15) is 40.2 Å². The molecular weight excluding hydrogens is 344 g/mol. The van der Waals surface area contributed by atoms with Crippen LogP contribution in [-0.4, -0.2) is 26.1 Å². The molecule has 1 aromatic carbocycles. The number of aromatic amines is 1. The predicted octanol–water partition coefficient (Wildman–Crippen LogP) is 4.01. The van der Waals surface area contributed by atoms with Crippen molar-refractivity contribution in [2.75, 3.05) is 0 Å². The lowest BCUT2D eigenvalue weighted by molar-refractivity contribution is 0.317. The maximum Gasteiger partial charge on any atom is 0.117 e. The molecule has 0 saturated heterocycles. The Morgan fingerprint density at radius 2 is 2.12 bits per heavy atom. The molecule has 5 rings (SSSR count). The van der Waals surface area contributed by atoms with Crippen molar-refractivity contribution < 1.29 is 5.21 Å². The molecule has 0 spiro atoms. The molecule has 2 aliphatic rings. The van der Waals surface area contributed by atoms with Gasteiger partial charge in [-0.15, -0.1) is 11.3 Å². The van der Waals surface area contributed by atoms with E-state index in [1.54, 1.807) is 11.3 Å². The maximum atomic E-state index is 9.44. The molecule has 26 heavy (non-hydrogen) atoms. The van der Waals surface area contributed by atoms with Gasteiger partial charge in [0.1, 0.15) is 11.4 Å². The van der Waals surface area contributed by atoms with Gasteiger partial charge in [-0.1, -0.05) is 47.6 Å². The fourth-order valence-corrected chi connectivity index (χ4v) is 4.65. The monoisotopic (exact) mass is 362 g/mol. The molecule has 0 amide bonds. The Kier molecular flexibility index (Phi) is 3.53. The van der Waals surface area contributed by atoms with Crippen LogP contribution in [0.3, 0.4) is 0 Å². The number of oxime groups is 1. The number of H-pyrrole nitrogens is 1. The minimum atomic E-state index is -0.255. The van der Waals surface area contributed by atoms with Gasteiger partial charge in [0.2, 0.25) is 0 Å². The number of nitrogens with one attached hydrogen (secondary N) is 1. The van der Waals surface area contributed by atoms with Gasteiger partial charge in [-0.2, -0.15) is 5.10 Å². The molecule has 5 nitrogen and oxygen atoms in total. The molecule has 0 bridgehead atoms. The Morgan fingerprint density at radius 3 is 2.81 bits per heavy atom. The van der Waals surface area contributed by atoms with Gasteiger partial charge in [-0.05, 0) is 18.4 Å². The van der Waals surface area contributed by atoms with Crippen LogP contribution in [-0.2, 0) is 11.8 Å². The normalized spacial score (nSPS) is 22.4. The Balaban J connectivity index is 1.63. The Hall–Kier alpha value is -2.73. The number of hydrogen-bond donors (Lipinski definition) is 2. The quantitative estimate of drug-likeness (QED) is 0.418. The highest BCUT2D eigenvalue weighted by Crippen LogP contribution is 2.44. The van der Waals surface area contributed by atoms with E-state index < -0.39 is 0 Å². The summed E-state index contributed by atoms with van der Waals surface area (Å²) in [5.41, 5.74) is 6.47. The van der Waals surface area contributed by atoms with E-state index in [-0.39, 0.29) is 5.41 Å². The van der Waals surface area contributed by atoms with Crippen LogP contribution in [0.25, 0.3) is 6.08 Å². The summed E-state index contributed by atoms with van der Waals surface area (Å²) in [6, 6.07) is 10.5. The maximum absolute atomic E-state index is 9.44. The molecule has 2 aliphatic carbocycles. The van der Waals surface area contributed by atoms with Gasteiger partial charge in [-0.25, -0.2) is 0 Å². The fourth-order valence-electron chi connectivity index (χ4n) is 3.82. The van der Waals surface area contributed by atoms with Gasteiger partial charge in [0.25, 0.3) is 0 Å². The van der Waals surface area contributed by atoms with Crippen LogP contribution >= 0.6 is 11.3 Å². The van der Waals surface area contributed by atoms with Crippen molar-refractivity contribution in [1.82, 2.24) is 15.2 Å². The number of hydrogen-bond acceptors (Lipinski definition) is 5. The molecule has 6 heteroatoms. The molecule has 3 aromatic rings. The van der Waals surface area contributed by atoms with E-state index in [9.17, 15) is 5.21 Å². The van der Waals surface area contributed by atoms with Crippen molar-refractivity contribution in [2.24, 2.45) is 11.1 Å². The molecular formula is C20H18N4OS. The highest BCUT2D eigenvalue weighted by molar-refractivity contribution is 7.09. The summed E-state index contributed by atoms with van der Waals surface area (Å²) in [6.07, 6.45) is 9.24. The summed E-state index contributed by atoms with van der Waals surface area (Å²) in [5.74, 6) is 0.336. The van der Waals surface area contributed by atoms with Gasteiger partial charge in [-0.3, -0.25) is 10.1 Å². The fraction of sp³-hybridized carbons (Fsp3) is 0.250. The van der Waals surface area contributed by atoms with E-state index in [4.69, 9.17) is 0 Å². The molecule has 2 N–H and O–H groups in total. The first-order chi connectivity index (χ1) is 12.8. The number of rotatable bonds is 4. The molecule has 1 fully saturated rings. The number of benzene rings is 1. The summed E-state index contributed by atoms with van der Waals surface area (Å²) in [6.45, 7) is 0. The number of aromatic nitrogens is 3. The second-order valence-electron chi connectivity index (χ2n) is 6.94. The number of fused-ring (bicyclic) bond motifs is 1. The van der Waals surface area contributed by atoms with Crippen molar-refractivity contribution in [3.63, 3.8) is 0 Å². The average molecular weight is 362 g/mol. The number of thiazole rings is 1. The van der Waals surface area contributed by atoms with E-state index >= 15 is 0 Å². The first-order valence-corrected chi connectivity index (χ1v) is 9.63. The van der Waals surface area contributed by atoms with Crippen molar-refractivity contribution in [3.05, 3.63) is 75.5 Å². The first-order valence-electron chi connectivity index (χ1n) is 8.75. The van der Waals surface area contributed by atoms with E-state index in [0.717, 1.165) is 36.2 Å². The minimum absolute atomic E-state index is 0.255. The molecule has 1 unspecified atom stereocenters. The molecule has 1 atom stereocenters. The zero-order chi connectivity index (χ0) is 17.6. The van der Waals surface area contributed by atoms with E-state index in [0.29, 0.717) is 11.6 Å². The summed E-state index contributed by atoms with van der Waals surface area (Å²) in [4.78, 5) is 5.52. The van der Waals surface area contributed by atoms with E-state index in [1.807, 2.05) is 17.8 Å². The topological polar surface area (TPSA) is 74.2 Å². The Morgan fingerprint density at radius 1 is 1.27 bits per heavy atom. The van der Waals surface area contributed by atoms with Crippen LogP contribution in [0, 0.1) is 5.92 Å². The summed E-state index contributed by atoms with van der Waals surface area (Å²) < 4.78 is 0. The predicted molar refractivity (Wildman–Crippen MR) is 102 cm³/mol. The zero-order valence-electron chi connectivity index (χ0n) is 14.1. The largest absolute Gasteiger partial charge is 0.411 e. The van der Waals surface area contributed by atoms with Crippen molar-refractivity contribution >= 4 is 23.1 Å². The third kappa shape index (κ3) is 2.33. The molecule has 1 saturated carbocycles. The lowest BCUT2D eigenvalue weighted by Crippen LogP contribution is -2.29. The Bertz CT molecular complexity index is 986. The number of nitrogens with zero attached hydrogens (tertiary/aromatic N) is 3. The zero-order valence-corrected chi connectivity index (χ0v) is 14.9. The number of allylic oxidation sites excluding steroid dienone is 1. The minimum Gasteiger partial charge on any atom is -0.411 e. The van der Waals surface area contributed by atoms with Gasteiger partial charge >= 0.3 is 0 Å². The molecule has 0 radical (unpaired) electrons.